The van der Waals surface area contributed by atoms with E-state index in [1.54, 1.807) is 11.1 Å². The average molecular weight is 449 g/mol. The zero-order valence-corrected chi connectivity index (χ0v) is 23.7. The Hall–Kier alpha value is -0.260. The Kier molecular flexibility index (Phi) is 23.7. The maximum atomic E-state index is 2.39. The van der Waals surface area contributed by atoms with Gasteiger partial charge in [0, 0.05) is 0 Å². The van der Waals surface area contributed by atoms with Crippen molar-refractivity contribution < 1.29 is 0 Å². The summed E-state index contributed by atoms with van der Waals surface area (Å²) in [6, 6.07) is 0. The van der Waals surface area contributed by atoms with Gasteiger partial charge in [0.05, 0.1) is 0 Å². The predicted octanol–water partition coefficient (Wildman–Crippen LogP) is 12.2. The fraction of sp³-hybridized carbons (Fsp3) is 0.938. The second-order valence-corrected chi connectivity index (χ2v) is 11.8. The van der Waals surface area contributed by atoms with Crippen LogP contribution in [0.5, 0.6) is 0 Å². The molecule has 0 rings (SSSR count). The fourth-order valence-corrected chi connectivity index (χ4v) is 4.79. The number of hydrogen-bond acceptors (Lipinski definition) is 0. The summed E-state index contributed by atoms with van der Waals surface area (Å²) in [5, 5.41) is 0. The molecule has 192 valence electrons. The Balaban J connectivity index is 3.40. The smallest absolute Gasteiger partial charge is 0.0320 e. The van der Waals surface area contributed by atoms with Crippen molar-refractivity contribution >= 4 is 0 Å². The van der Waals surface area contributed by atoms with Crippen LogP contribution in [0, 0.1) is 11.8 Å². The molecule has 0 saturated heterocycles. The Labute approximate surface area is 205 Å². The van der Waals surface area contributed by atoms with E-state index in [0.29, 0.717) is 0 Å². The van der Waals surface area contributed by atoms with E-state index in [1.165, 1.54) is 141 Å². The number of unbranched alkanes of at least 4 members (excludes halogenated alkanes) is 16. The Bertz CT molecular complexity index is 400. The lowest BCUT2D eigenvalue weighted by Crippen LogP contribution is -1.89. The first kappa shape index (κ1) is 31.7. The summed E-state index contributed by atoms with van der Waals surface area (Å²) in [5.74, 6) is 1.78. The molecule has 32 heavy (non-hydrogen) atoms. The lowest BCUT2D eigenvalue weighted by atomic mass is 9.98. The molecule has 0 saturated carbocycles. The van der Waals surface area contributed by atoms with Gasteiger partial charge in [-0.1, -0.05) is 154 Å². The molecule has 0 unspecified atom stereocenters. The highest BCUT2D eigenvalue weighted by Crippen LogP contribution is 2.20. The maximum Gasteiger partial charge on any atom is -0.0320 e. The summed E-state index contributed by atoms with van der Waals surface area (Å²) in [4.78, 5) is 0. The van der Waals surface area contributed by atoms with Crippen molar-refractivity contribution in [2.24, 2.45) is 11.8 Å². The molecule has 0 fully saturated rings. The highest BCUT2D eigenvalue weighted by molar-refractivity contribution is 5.09. The first-order valence-electron chi connectivity index (χ1n) is 15.1. The average Bonchev–Trinajstić information content (AvgIpc) is 2.74. The molecule has 0 aliphatic heterocycles. The third-order valence-corrected chi connectivity index (χ3v) is 7.40. The van der Waals surface area contributed by atoms with Crippen molar-refractivity contribution in [3.8, 4) is 0 Å². The van der Waals surface area contributed by atoms with Gasteiger partial charge in [-0.15, -0.1) is 0 Å². The van der Waals surface area contributed by atoms with E-state index < -0.39 is 0 Å². The largest absolute Gasteiger partial charge is 0.0744 e. The topological polar surface area (TPSA) is 0 Å². The summed E-state index contributed by atoms with van der Waals surface area (Å²) >= 11 is 0. The molecular formula is C32H64. The highest BCUT2D eigenvalue weighted by atomic mass is 14.1. The highest BCUT2D eigenvalue weighted by Gasteiger charge is 2.00. The summed E-state index contributed by atoms with van der Waals surface area (Å²) in [5.41, 5.74) is 3.38. The molecule has 0 aromatic rings. The van der Waals surface area contributed by atoms with Crippen molar-refractivity contribution in [1.29, 1.82) is 0 Å². The lowest BCUT2D eigenvalue weighted by molar-refractivity contribution is 0.504. The number of hydrogen-bond donors (Lipinski definition) is 0. The van der Waals surface area contributed by atoms with Crippen LogP contribution >= 0.6 is 0 Å². The third kappa shape index (κ3) is 24.4. The normalized spacial score (nSPS) is 12.8. The van der Waals surface area contributed by atoms with Gasteiger partial charge in [0.15, 0.2) is 0 Å². The molecule has 0 radical (unpaired) electrons. The van der Waals surface area contributed by atoms with Crippen LogP contribution < -0.4 is 0 Å². The van der Waals surface area contributed by atoms with Gasteiger partial charge in [-0.05, 0) is 51.4 Å². The van der Waals surface area contributed by atoms with Crippen LogP contribution in [0.3, 0.4) is 0 Å². The zero-order valence-electron chi connectivity index (χ0n) is 23.7. The quantitative estimate of drug-likeness (QED) is 0.102. The standard InChI is InChI=1S/C32H64/c1-29(2)25-21-17-13-10-8-7-9-11-15-19-23-27-31(5)32(6)28-24-20-16-12-14-18-22-26-30(3)4/h29-30H,7-28H2,1-6H3. The molecule has 0 aliphatic carbocycles. The van der Waals surface area contributed by atoms with Crippen molar-refractivity contribution in [2.45, 2.75) is 183 Å². The minimum absolute atomic E-state index is 0.886. The summed E-state index contributed by atoms with van der Waals surface area (Å²) in [6.45, 7) is 14.2. The second kappa shape index (κ2) is 23.9. The van der Waals surface area contributed by atoms with Crippen molar-refractivity contribution in [3.05, 3.63) is 11.1 Å². The molecule has 0 N–H and O–H groups in total. The molecule has 0 atom stereocenters. The van der Waals surface area contributed by atoms with Crippen LogP contribution in [0.2, 0.25) is 0 Å². The minimum atomic E-state index is 0.886. The van der Waals surface area contributed by atoms with Crippen LogP contribution in [-0.4, -0.2) is 0 Å². The van der Waals surface area contributed by atoms with Gasteiger partial charge in [0.2, 0.25) is 0 Å². The van der Waals surface area contributed by atoms with E-state index in [9.17, 15) is 0 Å². The summed E-state index contributed by atoms with van der Waals surface area (Å²) in [7, 11) is 0. The van der Waals surface area contributed by atoms with Crippen molar-refractivity contribution in [1.82, 2.24) is 0 Å². The van der Waals surface area contributed by atoms with Gasteiger partial charge >= 0.3 is 0 Å². The van der Waals surface area contributed by atoms with Crippen LogP contribution in [0.25, 0.3) is 0 Å². The van der Waals surface area contributed by atoms with Crippen LogP contribution in [0.15, 0.2) is 11.1 Å². The molecule has 0 nitrogen and oxygen atoms in total. The van der Waals surface area contributed by atoms with E-state index >= 15 is 0 Å². The van der Waals surface area contributed by atoms with Gasteiger partial charge in [-0.2, -0.15) is 0 Å². The van der Waals surface area contributed by atoms with Gasteiger partial charge in [-0.3, -0.25) is 0 Å². The molecule has 0 amide bonds. The van der Waals surface area contributed by atoms with E-state index in [-0.39, 0.29) is 0 Å². The fourth-order valence-electron chi connectivity index (χ4n) is 4.79. The first-order valence-corrected chi connectivity index (χ1v) is 15.1. The first-order chi connectivity index (χ1) is 15.4. The Morgan fingerprint density at radius 3 is 0.812 bits per heavy atom. The SMILES string of the molecule is CC(CCCCCCCCCCCCCC(C)C)=C(C)CCCCCCCCCC(C)C. The zero-order chi connectivity index (χ0) is 23.9. The molecule has 0 spiro atoms. The predicted molar refractivity (Wildman–Crippen MR) is 150 cm³/mol. The van der Waals surface area contributed by atoms with E-state index in [0.717, 1.165) is 11.8 Å². The number of rotatable bonds is 24. The molecule has 0 aromatic carbocycles. The van der Waals surface area contributed by atoms with Gasteiger partial charge in [-0.25, -0.2) is 0 Å². The minimum Gasteiger partial charge on any atom is -0.0744 e. The van der Waals surface area contributed by atoms with Gasteiger partial charge in [0.1, 0.15) is 0 Å². The monoisotopic (exact) mass is 449 g/mol. The van der Waals surface area contributed by atoms with Gasteiger partial charge in [0.25, 0.3) is 0 Å². The van der Waals surface area contributed by atoms with Crippen LogP contribution in [-0.2, 0) is 0 Å². The Morgan fingerprint density at radius 1 is 0.344 bits per heavy atom. The summed E-state index contributed by atoms with van der Waals surface area (Å²) in [6.07, 6.45) is 31.7. The summed E-state index contributed by atoms with van der Waals surface area (Å²) < 4.78 is 0. The molecule has 0 heteroatoms. The van der Waals surface area contributed by atoms with Crippen molar-refractivity contribution in [2.75, 3.05) is 0 Å². The van der Waals surface area contributed by atoms with E-state index in [4.69, 9.17) is 0 Å². The van der Waals surface area contributed by atoms with Crippen LogP contribution in [0.1, 0.15) is 183 Å². The van der Waals surface area contributed by atoms with Crippen LogP contribution in [0.4, 0.5) is 0 Å². The molecule has 0 aromatic heterocycles. The van der Waals surface area contributed by atoms with Crippen molar-refractivity contribution in [3.63, 3.8) is 0 Å². The molecule has 0 aliphatic rings. The third-order valence-electron chi connectivity index (χ3n) is 7.40. The van der Waals surface area contributed by atoms with E-state index in [1.807, 2.05) is 0 Å². The Morgan fingerprint density at radius 2 is 0.562 bits per heavy atom. The van der Waals surface area contributed by atoms with E-state index in [2.05, 4.69) is 41.5 Å². The molecular weight excluding hydrogens is 384 g/mol. The molecule has 0 heterocycles. The molecule has 0 bridgehead atoms. The maximum absolute atomic E-state index is 2.39. The lowest BCUT2D eigenvalue weighted by Gasteiger charge is -2.09. The number of allylic oxidation sites excluding steroid dienone is 2. The second-order valence-electron chi connectivity index (χ2n) is 11.8. The van der Waals surface area contributed by atoms with Gasteiger partial charge < -0.3 is 0 Å².